The lowest BCUT2D eigenvalue weighted by atomic mass is 9.68. The Hall–Kier alpha value is -7.47. The van der Waals surface area contributed by atoms with Crippen LogP contribution in [0.2, 0.25) is 0 Å². The molecule has 300 valence electrons. The first-order valence-corrected chi connectivity index (χ1v) is 22.4. The van der Waals surface area contributed by atoms with E-state index in [9.17, 15) is 0 Å². The molecule has 0 saturated heterocycles. The molecule has 1 heterocycles. The number of benzene rings is 7. The van der Waals surface area contributed by atoms with Crippen LogP contribution in [-0.2, 0) is 5.41 Å². The van der Waals surface area contributed by atoms with Crippen LogP contribution >= 0.6 is 0 Å². The second kappa shape index (κ2) is 14.3. The number of fused-ring (bicyclic) bond motifs is 12. The number of aromatic nitrogens is 1. The molecule has 0 fully saturated rings. The van der Waals surface area contributed by atoms with Crippen LogP contribution in [0.1, 0.15) is 81.3 Å². The van der Waals surface area contributed by atoms with Crippen molar-refractivity contribution in [1.82, 2.24) is 4.57 Å². The third-order valence-electron chi connectivity index (χ3n) is 14.3. The van der Waals surface area contributed by atoms with Crippen LogP contribution in [0.4, 0.5) is 0 Å². The van der Waals surface area contributed by atoms with E-state index >= 15 is 0 Å². The lowest BCUT2D eigenvalue weighted by molar-refractivity contribution is 0.741. The summed E-state index contributed by atoms with van der Waals surface area (Å²) in [6.45, 7) is 8.70. The molecule has 1 spiro atoms. The number of para-hydroxylation sites is 1. The van der Waals surface area contributed by atoms with E-state index in [1.807, 2.05) is 13.1 Å². The van der Waals surface area contributed by atoms with Gasteiger partial charge in [0.25, 0.3) is 0 Å². The summed E-state index contributed by atoms with van der Waals surface area (Å²) in [5, 5.41) is 2.45. The Morgan fingerprint density at radius 1 is 0.667 bits per heavy atom. The Balaban J connectivity index is 1.08. The van der Waals surface area contributed by atoms with E-state index in [2.05, 4.69) is 194 Å². The summed E-state index contributed by atoms with van der Waals surface area (Å²) in [6.07, 6.45) is 13.4. The highest BCUT2D eigenvalue weighted by atomic mass is 15.0. The Morgan fingerprint density at radius 2 is 1.49 bits per heavy atom. The zero-order chi connectivity index (χ0) is 42.4. The highest BCUT2D eigenvalue weighted by Gasteiger charge is 2.53. The first-order valence-electron chi connectivity index (χ1n) is 22.4. The van der Waals surface area contributed by atoms with E-state index in [1.165, 1.54) is 113 Å². The van der Waals surface area contributed by atoms with Crippen LogP contribution in [0.25, 0.3) is 67.0 Å². The smallest absolute Gasteiger partial charge is 0.0732 e. The fourth-order valence-electron chi connectivity index (χ4n) is 11.6. The maximum atomic E-state index is 5.22. The lowest BCUT2D eigenvalue weighted by Gasteiger charge is -2.32. The number of allylic oxidation sites excluding steroid dienone is 6. The van der Waals surface area contributed by atoms with Gasteiger partial charge in [-0.05, 0) is 160 Å². The summed E-state index contributed by atoms with van der Waals surface area (Å²) in [5.41, 5.74) is 32.3. The van der Waals surface area contributed by atoms with E-state index in [0.717, 1.165) is 40.9 Å². The van der Waals surface area contributed by atoms with Crippen molar-refractivity contribution < 1.29 is 0 Å². The molecule has 7 aromatic carbocycles. The van der Waals surface area contributed by atoms with Crippen LogP contribution in [0, 0.1) is 13.8 Å². The molecule has 4 aliphatic rings. The minimum Gasteiger partial charge on any atom is -0.309 e. The quantitative estimate of drug-likeness (QED) is 0.118. The molecular formula is C61H46N2. The van der Waals surface area contributed by atoms with Gasteiger partial charge in [-0.2, -0.15) is 0 Å². The molecule has 2 nitrogen and oxygen atoms in total. The van der Waals surface area contributed by atoms with Crippen molar-refractivity contribution >= 4 is 44.7 Å². The van der Waals surface area contributed by atoms with Crippen LogP contribution in [-0.4, -0.2) is 17.3 Å². The van der Waals surface area contributed by atoms with Gasteiger partial charge in [-0.3, -0.25) is 4.99 Å². The fourth-order valence-corrected chi connectivity index (χ4v) is 11.6. The van der Waals surface area contributed by atoms with E-state index < -0.39 is 5.41 Å². The highest BCUT2D eigenvalue weighted by molar-refractivity contribution is 6.18. The van der Waals surface area contributed by atoms with E-state index in [0.29, 0.717) is 0 Å². The monoisotopic (exact) mass is 806 g/mol. The van der Waals surface area contributed by atoms with Crippen molar-refractivity contribution in [2.45, 2.75) is 44.9 Å². The molecule has 8 aromatic rings. The molecular weight excluding hydrogens is 761 g/mol. The van der Waals surface area contributed by atoms with Gasteiger partial charge in [0, 0.05) is 34.6 Å². The molecule has 0 saturated carbocycles. The minimum atomic E-state index is -0.458. The Bertz CT molecular complexity index is 3530. The Morgan fingerprint density at radius 3 is 2.33 bits per heavy atom. The van der Waals surface area contributed by atoms with Gasteiger partial charge in [-0.15, -0.1) is 0 Å². The predicted molar refractivity (Wildman–Crippen MR) is 265 cm³/mol. The number of rotatable bonds is 6. The first kappa shape index (κ1) is 37.3. The van der Waals surface area contributed by atoms with Gasteiger partial charge >= 0.3 is 0 Å². The van der Waals surface area contributed by atoms with Crippen molar-refractivity contribution in [3.05, 3.63) is 237 Å². The fraction of sp³-hybridized carbons (Fsp3) is 0.131. The van der Waals surface area contributed by atoms with Gasteiger partial charge < -0.3 is 4.57 Å². The maximum Gasteiger partial charge on any atom is 0.0732 e. The van der Waals surface area contributed by atoms with Crippen LogP contribution in [0.15, 0.2) is 186 Å². The number of hydrogen-bond acceptors (Lipinski definition) is 1. The van der Waals surface area contributed by atoms with Gasteiger partial charge in [-0.1, -0.05) is 145 Å². The maximum absolute atomic E-state index is 5.22. The van der Waals surface area contributed by atoms with Crippen molar-refractivity contribution in [3.8, 4) is 27.9 Å². The van der Waals surface area contributed by atoms with Crippen LogP contribution in [0.3, 0.4) is 0 Å². The van der Waals surface area contributed by atoms with Gasteiger partial charge in [0.15, 0.2) is 0 Å². The highest BCUT2D eigenvalue weighted by Crippen LogP contribution is 2.64. The van der Waals surface area contributed by atoms with Gasteiger partial charge in [0.2, 0.25) is 0 Å². The summed E-state index contributed by atoms with van der Waals surface area (Å²) in [5.74, 6) is 0. The summed E-state index contributed by atoms with van der Waals surface area (Å²) in [6, 6.07) is 52.1. The molecule has 0 bridgehead atoms. The van der Waals surface area contributed by atoms with Gasteiger partial charge in [0.1, 0.15) is 0 Å². The number of hydrogen-bond donors (Lipinski definition) is 0. The third-order valence-corrected chi connectivity index (χ3v) is 14.3. The minimum absolute atomic E-state index is 0.458. The topological polar surface area (TPSA) is 17.3 Å². The van der Waals surface area contributed by atoms with Crippen LogP contribution in [0.5, 0.6) is 0 Å². The van der Waals surface area contributed by atoms with Gasteiger partial charge in [-0.25, -0.2) is 0 Å². The SMILES string of the molecule is C=Cc1cc2c(cc1-c1ccccc1C)c1ccccc1n2-c1cccc(C(=NC)c2ccc3c(c2C2=CCCCC2)-c2ccccc2C32C3=C(C=C=C=C3)c3ccc(C)cc32)c1. The molecule has 2 heteroatoms. The second-order valence-corrected chi connectivity index (χ2v) is 17.6. The Labute approximate surface area is 369 Å². The zero-order valence-electron chi connectivity index (χ0n) is 36.0. The third kappa shape index (κ3) is 5.30. The number of aliphatic imine (C=N–C) groups is 1. The zero-order valence-corrected chi connectivity index (χ0v) is 36.0. The normalized spacial score (nSPS) is 17.1. The summed E-state index contributed by atoms with van der Waals surface area (Å²) < 4.78 is 2.43. The van der Waals surface area contributed by atoms with Crippen molar-refractivity contribution in [2.75, 3.05) is 7.05 Å². The average Bonchev–Trinajstić information content (AvgIpc) is 3.93. The predicted octanol–water partition coefficient (Wildman–Crippen LogP) is 15.1. The Kier molecular flexibility index (Phi) is 8.47. The molecule has 1 unspecified atom stereocenters. The molecule has 63 heavy (non-hydrogen) atoms. The van der Waals surface area contributed by atoms with Crippen LogP contribution < -0.4 is 0 Å². The van der Waals surface area contributed by atoms with Gasteiger partial charge in [0.05, 0.1) is 22.2 Å². The molecule has 0 aliphatic heterocycles. The standard InChI is InChI=1S/C61H46N2/c1-5-40-36-57-51(37-50(40)44-23-10-9-18-39(44)3)47-25-13-16-29-56(47)63(57)43-22-17-21-42(35-43)60(62-4)49-32-33-54-59(58(49)41-19-7-6-8-20-41)48-26-12-15-28-53(48)61(54)52-27-14-11-24-45(52)46-31-30-38(2)34-55(46)61/h5,9-10,12-13,15-19,21-37H,1,6-8,20H2,2-4H3. The largest absolute Gasteiger partial charge is 0.309 e. The molecule has 0 amide bonds. The molecule has 0 N–H and O–H groups in total. The number of nitrogens with zero attached hydrogens (tertiary/aromatic N) is 2. The molecule has 4 aliphatic carbocycles. The molecule has 0 radical (unpaired) electrons. The van der Waals surface area contributed by atoms with Crippen molar-refractivity contribution in [2.24, 2.45) is 4.99 Å². The van der Waals surface area contributed by atoms with Crippen molar-refractivity contribution in [1.29, 1.82) is 0 Å². The number of aryl methyl sites for hydroxylation is 2. The summed E-state index contributed by atoms with van der Waals surface area (Å²) in [7, 11) is 1.96. The van der Waals surface area contributed by atoms with Crippen molar-refractivity contribution in [3.63, 3.8) is 0 Å². The molecule has 12 rings (SSSR count). The van der Waals surface area contributed by atoms with E-state index in [1.54, 1.807) is 0 Å². The lowest BCUT2D eigenvalue weighted by Crippen LogP contribution is -2.27. The second-order valence-electron chi connectivity index (χ2n) is 17.6. The summed E-state index contributed by atoms with van der Waals surface area (Å²) >= 11 is 0. The summed E-state index contributed by atoms with van der Waals surface area (Å²) in [4.78, 5) is 5.22. The molecule has 1 atom stereocenters. The average molecular weight is 807 g/mol. The first-order chi connectivity index (χ1) is 31.0. The molecule has 1 aromatic heterocycles. The van der Waals surface area contributed by atoms with E-state index in [4.69, 9.17) is 4.99 Å². The van der Waals surface area contributed by atoms with E-state index in [-0.39, 0.29) is 0 Å².